The topological polar surface area (TPSA) is 126 Å². The van der Waals surface area contributed by atoms with Gasteiger partial charge < -0.3 is 29.0 Å². The van der Waals surface area contributed by atoms with E-state index in [-0.39, 0.29) is 40.8 Å². The Labute approximate surface area is 241 Å². The molecule has 2 aromatic carbocycles. The smallest absolute Gasteiger partial charge is 0.414 e. The number of ether oxygens (including phenoxy) is 2. The van der Waals surface area contributed by atoms with Gasteiger partial charge in [-0.15, -0.1) is 0 Å². The fourth-order valence-electron chi connectivity index (χ4n) is 6.61. The summed E-state index contributed by atoms with van der Waals surface area (Å²) in [5.74, 6) is -0.393. The number of anilines is 1. The molecule has 10 nitrogen and oxygen atoms in total. The quantitative estimate of drug-likeness (QED) is 0.308. The van der Waals surface area contributed by atoms with Crippen molar-refractivity contribution >= 4 is 32.0 Å². The highest BCUT2D eigenvalue weighted by Crippen LogP contribution is 2.47. The standard InChI is InChI=1S/C30H40N2O8Si/c1-17(2)41(18(3)4,19(5)6)40-26-15-23-22(14-25(26)38-7)27(33)31-16-21(13-24(31)28(34)32(23)30(36)37)39-29(35)20-11-9-8-10-12-20/h8-12,14-15,17-19,21,24,28,34H,13,16H2,1-7H3,(H,36,37)/t21-,24-,28-/m0/s1. The fraction of sp³-hybridized carbons (Fsp3) is 0.500. The molecule has 2 N–H and O–H groups in total. The Hall–Kier alpha value is -3.57. The van der Waals surface area contributed by atoms with Gasteiger partial charge in [0.15, 0.2) is 12.0 Å². The number of carbonyl (C=O) groups excluding carboxylic acids is 2. The Bertz CT molecular complexity index is 1280. The predicted molar refractivity (Wildman–Crippen MR) is 156 cm³/mol. The van der Waals surface area contributed by atoms with Crippen molar-refractivity contribution in [2.45, 2.75) is 83.0 Å². The Morgan fingerprint density at radius 1 is 0.976 bits per heavy atom. The third kappa shape index (κ3) is 5.40. The molecule has 3 atom stereocenters. The molecule has 4 rings (SSSR count). The zero-order valence-electron chi connectivity index (χ0n) is 24.7. The van der Waals surface area contributed by atoms with Crippen LogP contribution >= 0.6 is 0 Å². The molecule has 2 amide bonds. The molecule has 2 heterocycles. The van der Waals surface area contributed by atoms with Crippen molar-refractivity contribution in [3.8, 4) is 11.5 Å². The Morgan fingerprint density at radius 2 is 1.59 bits per heavy atom. The van der Waals surface area contributed by atoms with Crippen LogP contribution in [-0.4, -0.2) is 73.4 Å². The molecule has 41 heavy (non-hydrogen) atoms. The van der Waals surface area contributed by atoms with Crippen LogP contribution in [0.25, 0.3) is 0 Å². The van der Waals surface area contributed by atoms with E-state index in [2.05, 4.69) is 41.5 Å². The lowest BCUT2D eigenvalue weighted by Gasteiger charge is -2.42. The van der Waals surface area contributed by atoms with Gasteiger partial charge in [0.25, 0.3) is 14.2 Å². The average Bonchev–Trinajstić information content (AvgIpc) is 3.31. The van der Waals surface area contributed by atoms with Crippen LogP contribution in [0, 0.1) is 0 Å². The highest BCUT2D eigenvalue weighted by atomic mass is 28.4. The second kappa shape index (κ2) is 11.7. The Balaban J connectivity index is 1.75. The number of amides is 2. The number of benzene rings is 2. The van der Waals surface area contributed by atoms with E-state index in [1.807, 2.05) is 0 Å². The first-order chi connectivity index (χ1) is 19.3. The number of hydrogen-bond acceptors (Lipinski definition) is 7. The first-order valence-electron chi connectivity index (χ1n) is 14.0. The first-order valence-corrected chi connectivity index (χ1v) is 16.2. The average molecular weight is 585 g/mol. The SMILES string of the molecule is COc1cc2c(cc1O[Si](C(C)C)(C(C)C)C(C)C)N(C(=O)O)[C@@H](O)[C@@H]1C[C@H](OC(=O)c3ccccc3)CN1C2=O. The molecule has 0 radical (unpaired) electrons. The minimum Gasteiger partial charge on any atom is -0.540 e. The van der Waals surface area contributed by atoms with Gasteiger partial charge in [-0.25, -0.2) is 14.5 Å². The second-order valence-electron chi connectivity index (χ2n) is 11.7. The highest BCUT2D eigenvalue weighted by molar-refractivity contribution is 6.78. The first kappa shape index (κ1) is 30.4. The van der Waals surface area contributed by atoms with Crippen LogP contribution in [0.5, 0.6) is 11.5 Å². The van der Waals surface area contributed by atoms with Crippen molar-refractivity contribution in [2.75, 3.05) is 18.6 Å². The molecule has 2 aromatic rings. The number of aliphatic hydroxyl groups is 1. The summed E-state index contributed by atoms with van der Waals surface area (Å²) in [4.78, 5) is 41.3. The van der Waals surface area contributed by atoms with Crippen LogP contribution in [0.15, 0.2) is 42.5 Å². The van der Waals surface area contributed by atoms with Crippen LogP contribution in [-0.2, 0) is 4.74 Å². The summed E-state index contributed by atoms with van der Waals surface area (Å²) in [6.45, 7) is 12.8. The van der Waals surface area contributed by atoms with Gasteiger partial charge in [0.1, 0.15) is 11.9 Å². The number of aliphatic hydroxyl groups excluding tert-OH is 1. The van der Waals surface area contributed by atoms with Gasteiger partial charge >= 0.3 is 12.1 Å². The zero-order valence-corrected chi connectivity index (χ0v) is 25.7. The van der Waals surface area contributed by atoms with Gasteiger partial charge in [0.2, 0.25) is 0 Å². The van der Waals surface area contributed by atoms with Crippen LogP contribution in [0.3, 0.4) is 0 Å². The molecule has 0 aromatic heterocycles. The van der Waals surface area contributed by atoms with Gasteiger partial charge in [-0.1, -0.05) is 59.7 Å². The van der Waals surface area contributed by atoms with E-state index in [1.54, 1.807) is 30.3 Å². The number of rotatable bonds is 8. The molecule has 0 spiro atoms. The minimum absolute atomic E-state index is 0.0106. The number of carboxylic acid groups (broad SMARTS) is 1. The summed E-state index contributed by atoms with van der Waals surface area (Å²) in [5.41, 5.74) is 1.13. The zero-order chi connectivity index (χ0) is 30.2. The molecule has 1 fully saturated rings. The van der Waals surface area contributed by atoms with E-state index >= 15 is 0 Å². The van der Waals surface area contributed by atoms with Crippen molar-refractivity contribution in [1.29, 1.82) is 0 Å². The van der Waals surface area contributed by atoms with Gasteiger partial charge in [0.05, 0.1) is 36.5 Å². The van der Waals surface area contributed by atoms with Crippen LogP contribution in [0.1, 0.15) is 68.7 Å². The summed E-state index contributed by atoms with van der Waals surface area (Å²) in [7, 11) is -1.01. The third-order valence-corrected chi connectivity index (χ3v) is 14.4. The van der Waals surface area contributed by atoms with E-state index < -0.39 is 44.7 Å². The minimum atomic E-state index is -2.48. The number of methoxy groups -OCH3 is 1. The molecule has 2 aliphatic rings. The van der Waals surface area contributed by atoms with Crippen LogP contribution in [0.4, 0.5) is 10.5 Å². The molecular weight excluding hydrogens is 544 g/mol. The number of carbonyl (C=O) groups is 3. The van der Waals surface area contributed by atoms with Crippen molar-refractivity contribution < 1.29 is 38.5 Å². The molecule has 222 valence electrons. The van der Waals surface area contributed by atoms with E-state index in [4.69, 9.17) is 13.9 Å². The molecule has 11 heteroatoms. The highest BCUT2D eigenvalue weighted by Gasteiger charge is 2.50. The molecule has 0 aliphatic carbocycles. The van der Waals surface area contributed by atoms with Crippen LogP contribution in [0.2, 0.25) is 16.6 Å². The van der Waals surface area contributed by atoms with Crippen molar-refractivity contribution in [3.63, 3.8) is 0 Å². The fourth-order valence-corrected chi connectivity index (χ4v) is 11.9. The van der Waals surface area contributed by atoms with Crippen molar-refractivity contribution in [2.24, 2.45) is 0 Å². The van der Waals surface area contributed by atoms with E-state index in [1.165, 1.54) is 24.1 Å². The lowest BCUT2D eigenvalue weighted by molar-refractivity contribution is 0.0314. The third-order valence-electron chi connectivity index (χ3n) is 8.43. The largest absolute Gasteiger partial charge is 0.540 e. The predicted octanol–water partition coefficient (Wildman–Crippen LogP) is 5.51. The van der Waals surface area contributed by atoms with Crippen molar-refractivity contribution in [1.82, 2.24) is 4.90 Å². The second-order valence-corrected chi connectivity index (χ2v) is 17.0. The summed E-state index contributed by atoms with van der Waals surface area (Å²) < 4.78 is 18.2. The molecule has 2 aliphatic heterocycles. The number of hydrogen-bond donors (Lipinski definition) is 2. The van der Waals surface area contributed by atoms with E-state index in [0.29, 0.717) is 17.1 Å². The summed E-state index contributed by atoms with van der Waals surface area (Å²) in [6, 6.07) is 10.5. The van der Waals surface area contributed by atoms with Gasteiger partial charge in [0, 0.05) is 12.5 Å². The van der Waals surface area contributed by atoms with Gasteiger partial charge in [-0.05, 0) is 34.8 Å². The number of esters is 1. The van der Waals surface area contributed by atoms with Gasteiger partial charge in [-0.2, -0.15) is 0 Å². The number of nitrogens with zero attached hydrogens (tertiary/aromatic N) is 2. The summed E-state index contributed by atoms with van der Waals surface area (Å²) in [5, 5.41) is 21.6. The lowest BCUT2D eigenvalue weighted by Crippen LogP contribution is -2.51. The molecule has 1 saturated heterocycles. The van der Waals surface area contributed by atoms with E-state index in [9.17, 15) is 24.6 Å². The van der Waals surface area contributed by atoms with E-state index in [0.717, 1.165) is 4.90 Å². The molecule has 0 unspecified atom stereocenters. The Kier molecular flexibility index (Phi) is 8.69. The normalized spacial score (nSPS) is 20.7. The maximum absolute atomic E-state index is 13.9. The van der Waals surface area contributed by atoms with Crippen molar-refractivity contribution in [3.05, 3.63) is 53.6 Å². The lowest BCUT2D eigenvalue weighted by atomic mass is 10.1. The maximum Gasteiger partial charge on any atom is 0.414 e. The van der Waals surface area contributed by atoms with Crippen LogP contribution < -0.4 is 14.1 Å². The molecular formula is C30H40N2O8Si. The summed E-state index contributed by atoms with van der Waals surface area (Å²) in [6.07, 6.45) is -3.66. The summed E-state index contributed by atoms with van der Waals surface area (Å²) >= 11 is 0. The van der Waals surface area contributed by atoms with Gasteiger partial charge in [-0.3, -0.25) is 4.79 Å². The monoisotopic (exact) mass is 584 g/mol. The Morgan fingerprint density at radius 3 is 2.12 bits per heavy atom. The molecule has 0 saturated carbocycles. The number of fused-ring (bicyclic) bond motifs is 2. The maximum atomic E-state index is 13.9. The molecule has 0 bridgehead atoms.